The van der Waals surface area contributed by atoms with E-state index in [9.17, 15) is 14.5 Å². The molecule has 41 heavy (non-hydrogen) atoms. The minimum absolute atomic E-state index is 0.0631. The highest BCUT2D eigenvalue weighted by atomic mass is 19.1. The number of pyridine rings is 1. The summed E-state index contributed by atoms with van der Waals surface area (Å²) in [6.07, 6.45) is 5.71. The average Bonchev–Trinajstić information content (AvgIpc) is 3.63. The van der Waals surface area contributed by atoms with Gasteiger partial charge < -0.3 is 14.6 Å². The van der Waals surface area contributed by atoms with Crippen molar-refractivity contribution in [1.29, 1.82) is 0 Å². The number of halogens is 1. The Bertz CT molecular complexity index is 1770. The zero-order valence-electron chi connectivity index (χ0n) is 22.0. The first-order chi connectivity index (χ1) is 20.0. The molecule has 0 spiro atoms. The molecule has 3 aromatic heterocycles. The van der Waals surface area contributed by atoms with Gasteiger partial charge in [-0.2, -0.15) is 0 Å². The zero-order valence-corrected chi connectivity index (χ0v) is 22.0. The second-order valence-corrected chi connectivity index (χ2v) is 10.5. The molecule has 1 saturated carbocycles. The summed E-state index contributed by atoms with van der Waals surface area (Å²) in [5, 5.41) is 15.5. The summed E-state index contributed by atoms with van der Waals surface area (Å²) in [4.78, 5) is 29.8. The Morgan fingerprint density at radius 2 is 1.88 bits per heavy atom. The van der Waals surface area contributed by atoms with Crippen LogP contribution in [0.25, 0.3) is 33.5 Å². The highest BCUT2D eigenvalue weighted by molar-refractivity contribution is 5.87. The van der Waals surface area contributed by atoms with Gasteiger partial charge in [0, 0.05) is 42.2 Å². The number of aromatic nitrogens is 5. The fourth-order valence-electron chi connectivity index (χ4n) is 5.34. The first-order valence-corrected chi connectivity index (χ1v) is 13.6. The van der Waals surface area contributed by atoms with E-state index in [0.717, 1.165) is 42.2 Å². The topological polar surface area (TPSA) is 121 Å². The molecule has 4 heterocycles. The van der Waals surface area contributed by atoms with Crippen molar-refractivity contribution in [3.8, 4) is 28.5 Å². The summed E-state index contributed by atoms with van der Waals surface area (Å²) in [5.41, 5.74) is 3.26. The SMILES string of the molecule is O=[N+]([O-])c1cccc2ccc(OCC3CCc4nc(-c5ccc(F)cc5)c(-c5ccnc(NCC6CC6)n5)n43)nc12. The molecule has 11 heteroatoms. The summed E-state index contributed by atoms with van der Waals surface area (Å²) in [6.45, 7) is 1.13. The number of rotatable bonds is 9. The molecular weight excluding hydrogens is 525 g/mol. The molecule has 1 aliphatic carbocycles. The van der Waals surface area contributed by atoms with Crippen LogP contribution in [0.1, 0.15) is 31.1 Å². The van der Waals surface area contributed by atoms with Crippen LogP contribution in [0.15, 0.2) is 66.9 Å². The first-order valence-electron chi connectivity index (χ1n) is 13.6. The van der Waals surface area contributed by atoms with E-state index in [0.29, 0.717) is 28.8 Å². The maximum Gasteiger partial charge on any atom is 0.295 e. The predicted molar refractivity (Wildman–Crippen MR) is 151 cm³/mol. The van der Waals surface area contributed by atoms with Crippen LogP contribution in [0.2, 0.25) is 0 Å². The van der Waals surface area contributed by atoms with Gasteiger partial charge in [0.1, 0.15) is 18.2 Å². The Hall–Kier alpha value is -4.93. The van der Waals surface area contributed by atoms with Crippen molar-refractivity contribution in [2.24, 2.45) is 5.92 Å². The molecule has 7 rings (SSSR count). The minimum atomic E-state index is -0.438. The second-order valence-electron chi connectivity index (χ2n) is 10.5. The van der Waals surface area contributed by atoms with Crippen LogP contribution >= 0.6 is 0 Å². The van der Waals surface area contributed by atoms with Gasteiger partial charge in [0.05, 0.1) is 28.0 Å². The number of non-ortho nitro benzene ring substituents is 1. The maximum absolute atomic E-state index is 13.8. The lowest BCUT2D eigenvalue weighted by molar-refractivity contribution is -0.383. The number of hydrogen-bond donors (Lipinski definition) is 1. The highest BCUT2D eigenvalue weighted by Gasteiger charge is 2.32. The number of nitro groups is 1. The van der Waals surface area contributed by atoms with E-state index >= 15 is 0 Å². The molecule has 0 bridgehead atoms. The second kappa shape index (κ2) is 10.2. The van der Waals surface area contributed by atoms with Crippen molar-refractivity contribution in [3.05, 3.63) is 88.6 Å². The van der Waals surface area contributed by atoms with Gasteiger partial charge in [0.2, 0.25) is 11.8 Å². The van der Waals surface area contributed by atoms with Crippen LogP contribution in [-0.4, -0.2) is 42.6 Å². The van der Waals surface area contributed by atoms with Gasteiger partial charge in [-0.3, -0.25) is 10.1 Å². The van der Waals surface area contributed by atoms with E-state index in [4.69, 9.17) is 14.7 Å². The van der Waals surface area contributed by atoms with Crippen LogP contribution in [0.3, 0.4) is 0 Å². The molecule has 0 amide bonds. The zero-order chi connectivity index (χ0) is 27.9. The quantitative estimate of drug-likeness (QED) is 0.175. The normalized spacial score (nSPS) is 16.1. The first kappa shape index (κ1) is 25.1. The van der Waals surface area contributed by atoms with E-state index in [-0.39, 0.29) is 29.7 Å². The van der Waals surface area contributed by atoms with Gasteiger partial charge in [-0.1, -0.05) is 12.1 Å². The number of nitro benzene ring substituents is 1. The molecule has 5 aromatic rings. The summed E-state index contributed by atoms with van der Waals surface area (Å²) in [6, 6.07) is 16.4. The Morgan fingerprint density at radius 1 is 1.02 bits per heavy atom. The monoisotopic (exact) mass is 551 g/mol. The smallest absolute Gasteiger partial charge is 0.295 e. The van der Waals surface area contributed by atoms with Gasteiger partial charge in [-0.05, 0) is 61.6 Å². The average molecular weight is 552 g/mol. The third-order valence-corrected chi connectivity index (χ3v) is 7.61. The lowest BCUT2D eigenvalue weighted by Crippen LogP contribution is -2.16. The molecule has 1 N–H and O–H groups in total. The Kier molecular flexibility index (Phi) is 6.26. The fourth-order valence-corrected chi connectivity index (χ4v) is 5.34. The van der Waals surface area contributed by atoms with Crippen molar-refractivity contribution in [2.45, 2.75) is 31.7 Å². The molecule has 1 aliphatic heterocycles. The highest BCUT2D eigenvalue weighted by Crippen LogP contribution is 2.40. The Labute approximate surface area is 234 Å². The Morgan fingerprint density at radius 3 is 2.68 bits per heavy atom. The van der Waals surface area contributed by atoms with Gasteiger partial charge in [-0.15, -0.1) is 0 Å². The van der Waals surface area contributed by atoms with Crippen LogP contribution in [0.4, 0.5) is 16.0 Å². The van der Waals surface area contributed by atoms with Crippen molar-refractivity contribution >= 4 is 22.5 Å². The lowest BCUT2D eigenvalue weighted by atomic mass is 10.1. The largest absolute Gasteiger partial charge is 0.475 e. The molecule has 2 aliphatic rings. The van der Waals surface area contributed by atoms with Crippen molar-refractivity contribution in [2.75, 3.05) is 18.5 Å². The van der Waals surface area contributed by atoms with Crippen LogP contribution in [-0.2, 0) is 6.42 Å². The standard InChI is InChI=1S/C30H26FN7O3/c31-21-9-6-20(7-10-21)28-29(23-14-15-32-30(34-23)33-16-18-4-5-18)37-22(11-12-25(37)35-28)17-41-26-13-8-19-2-1-3-24(38(39)40)27(19)36-26/h1-3,6-10,13-15,18,22H,4-5,11-12,16-17H2,(H,32,33,34). The maximum atomic E-state index is 13.8. The van der Waals surface area contributed by atoms with E-state index < -0.39 is 4.92 Å². The number of benzene rings is 2. The molecule has 0 radical (unpaired) electrons. The Balaban J connectivity index is 1.23. The van der Waals surface area contributed by atoms with Gasteiger partial charge in [0.15, 0.2) is 5.52 Å². The molecule has 1 unspecified atom stereocenters. The van der Waals surface area contributed by atoms with Gasteiger partial charge in [-0.25, -0.2) is 24.3 Å². The number of anilines is 1. The molecule has 2 aromatic carbocycles. The number of hydrogen-bond acceptors (Lipinski definition) is 8. The molecule has 1 atom stereocenters. The summed E-state index contributed by atoms with van der Waals surface area (Å²) in [7, 11) is 0. The van der Waals surface area contributed by atoms with E-state index in [1.807, 2.05) is 6.07 Å². The number of para-hydroxylation sites is 1. The number of aryl methyl sites for hydroxylation is 1. The molecule has 1 fully saturated rings. The number of imidazole rings is 1. The minimum Gasteiger partial charge on any atom is -0.475 e. The third-order valence-electron chi connectivity index (χ3n) is 7.61. The van der Waals surface area contributed by atoms with E-state index in [1.54, 1.807) is 42.6 Å². The van der Waals surface area contributed by atoms with Crippen LogP contribution in [0, 0.1) is 21.8 Å². The van der Waals surface area contributed by atoms with Crippen molar-refractivity contribution < 1.29 is 14.1 Å². The van der Waals surface area contributed by atoms with Gasteiger partial charge >= 0.3 is 0 Å². The van der Waals surface area contributed by atoms with Crippen LogP contribution < -0.4 is 10.1 Å². The predicted octanol–water partition coefficient (Wildman–Crippen LogP) is 5.99. The molecule has 206 valence electrons. The van der Waals surface area contributed by atoms with E-state index in [1.165, 1.54) is 31.0 Å². The lowest BCUT2D eigenvalue weighted by Gasteiger charge is -2.18. The third kappa shape index (κ3) is 4.94. The number of nitrogens with zero attached hydrogens (tertiary/aromatic N) is 6. The fraction of sp³-hybridized carbons (Fsp3) is 0.267. The summed E-state index contributed by atoms with van der Waals surface area (Å²) in [5.74, 6) is 2.12. The molecule has 0 saturated heterocycles. The number of ether oxygens (including phenoxy) is 1. The number of fused-ring (bicyclic) bond motifs is 2. The van der Waals surface area contributed by atoms with Crippen molar-refractivity contribution in [1.82, 2.24) is 24.5 Å². The van der Waals surface area contributed by atoms with Crippen molar-refractivity contribution in [3.63, 3.8) is 0 Å². The van der Waals surface area contributed by atoms with E-state index in [2.05, 4.69) is 19.9 Å². The summed E-state index contributed by atoms with van der Waals surface area (Å²) >= 11 is 0. The van der Waals surface area contributed by atoms with Gasteiger partial charge in [0.25, 0.3) is 5.69 Å². The van der Waals surface area contributed by atoms with Crippen LogP contribution in [0.5, 0.6) is 5.88 Å². The summed E-state index contributed by atoms with van der Waals surface area (Å²) < 4.78 is 22.0. The number of nitrogens with one attached hydrogen (secondary N) is 1. The molecular formula is C30H26FN7O3. The molecule has 10 nitrogen and oxygen atoms in total.